The Morgan fingerprint density at radius 1 is 0.625 bits per heavy atom. The predicted molar refractivity (Wildman–Crippen MR) is 146 cm³/mol. The molecule has 12 nitrogen and oxygen atoms in total. The van der Waals surface area contributed by atoms with Gasteiger partial charge >= 0.3 is 5.97 Å². The number of unbranched alkanes of at least 4 members (excludes halogenated alkanes) is 1. The molecule has 0 spiro atoms. The van der Waals surface area contributed by atoms with Gasteiger partial charge in [0.1, 0.15) is 6.61 Å². The van der Waals surface area contributed by atoms with Crippen LogP contribution >= 0.6 is 0 Å². The molecule has 0 saturated heterocycles. The van der Waals surface area contributed by atoms with Gasteiger partial charge in [0.05, 0.1) is 105 Å². The fourth-order valence-electron chi connectivity index (χ4n) is 3.49. The lowest BCUT2D eigenvalue weighted by molar-refractivity contribution is -0.150. The Kier molecular flexibility index (Phi) is 23.5. The van der Waals surface area contributed by atoms with E-state index >= 15 is 0 Å². The van der Waals surface area contributed by atoms with Crippen molar-refractivity contribution in [3.63, 3.8) is 0 Å². The van der Waals surface area contributed by atoms with Gasteiger partial charge in [0.25, 0.3) is 11.8 Å². The van der Waals surface area contributed by atoms with Gasteiger partial charge in [-0.3, -0.25) is 19.3 Å². The minimum absolute atomic E-state index is 0.00843. The molecule has 0 fully saturated rings. The van der Waals surface area contributed by atoms with Crippen LogP contribution in [0.1, 0.15) is 39.5 Å². The normalized spacial score (nSPS) is 13.9. The third kappa shape index (κ3) is 19.2. The highest BCUT2D eigenvalue weighted by Crippen LogP contribution is 2.14. The first kappa shape index (κ1) is 36.1. The van der Waals surface area contributed by atoms with Gasteiger partial charge in [-0.1, -0.05) is 26.7 Å². The number of rotatable bonds is 29. The van der Waals surface area contributed by atoms with Crippen molar-refractivity contribution in [3.8, 4) is 0 Å². The van der Waals surface area contributed by atoms with E-state index in [1.54, 1.807) is 0 Å². The second-order valence-corrected chi connectivity index (χ2v) is 8.86. The molecule has 2 amide bonds. The SMILES string of the molecule is CCCCC(CC)C(=O)OCCOCCOCCOCCOCCOCCOCCOCCN1C(=O)C=CC1=O. The Morgan fingerprint density at radius 3 is 1.38 bits per heavy atom. The first-order chi connectivity index (χ1) is 19.6. The summed E-state index contributed by atoms with van der Waals surface area (Å²) in [6.45, 7) is 10.7. The smallest absolute Gasteiger partial charge is 0.308 e. The fourth-order valence-corrected chi connectivity index (χ4v) is 3.49. The quantitative estimate of drug-likeness (QED) is 0.0735. The molecule has 1 aliphatic heterocycles. The van der Waals surface area contributed by atoms with E-state index in [0.29, 0.717) is 85.9 Å². The second kappa shape index (κ2) is 26.0. The van der Waals surface area contributed by atoms with Gasteiger partial charge < -0.3 is 37.9 Å². The summed E-state index contributed by atoms with van der Waals surface area (Å²) in [7, 11) is 0. The van der Waals surface area contributed by atoms with Gasteiger partial charge in [0.2, 0.25) is 0 Å². The van der Waals surface area contributed by atoms with E-state index in [1.165, 1.54) is 12.2 Å². The van der Waals surface area contributed by atoms with E-state index in [4.69, 9.17) is 37.9 Å². The second-order valence-electron chi connectivity index (χ2n) is 8.86. The Morgan fingerprint density at radius 2 is 1.00 bits per heavy atom. The largest absolute Gasteiger partial charge is 0.463 e. The standard InChI is InChI=1S/C28H49NO11/c1-3-5-6-25(4-2)28(32)40-24-23-39-22-21-38-20-19-37-18-17-36-16-15-35-14-13-34-12-11-33-10-9-29-26(30)7-8-27(29)31/h7-8,25H,3-6,9-24H2,1-2H3. The molecule has 1 unspecified atom stereocenters. The first-order valence-corrected chi connectivity index (χ1v) is 14.3. The van der Waals surface area contributed by atoms with Crippen LogP contribution in [0.25, 0.3) is 0 Å². The van der Waals surface area contributed by atoms with Crippen molar-refractivity contribution in [3.05, 3.63) is 12.2 Å². The summed E-state index contributed by atoms with van der Waals surface area (Å²) in [5.74, 6) is -0.750. The summed E-state index contributed by atoms with van der Waals surface area (Å²) in [6.07, 6.45) is 6.32. The third-order valence-corrected chi connectivity index (χ3v) is 5.80. The van der Waals surface area contributed by atoms with Crippen molar-refractivity contribution in [2.45, 2.75) is 39.5 Å². The molecule has 12 heteroatoms. The zero-order valence-electron chi connectivity index (χ0n) is 24.3. The minimum atomic E-state index is -0.307. The maximum atomic E-state index is 12.0. The summed E-state index contributed by atoms with van der Waals surface area (Å²) in [5.41, 5.74) is 0. The van der Waals surface area contributed by atoms with Gasteiger partial charge in [-0.25, -0.2) is 0 Å². The van der Waals surface area contributed by atoms with Crippen LogP contribution in [0.2, 0.25) is 0 Å². The summed E-state index contributed by atoms with van der Waals surface area (Å²) in [6, 6.07) is 0. The molecule has 1 rings (SSSR count). The number of carbonyl (C=O) groups excluding carboxylic acids is 3. The van der Waals surface area contributed by atoms with E-state index in [0.717, 1.165) is 30.6 Å². The average molecular weight is 576 g/mol. The molecule has 0 N–H and O–H groups in total. The Labute approximate surface area is 238 Å². The van der Waals surface area contributed by atoms with Crippen molar-refractivity contribution >= 4 is 17.8 Å². The van der Waals surface area contributed by atoms with Crippen molar-refractivity contribution < 1.29 is 52.3 Å². The molecule has 1 heterocycles. The number of esters is 1. The predicted octanol–water partition coefficient (Wildman–Crippen LogP) is 1.79. The number of ether oxygens (including phenoxy) is 8. The van der Waals surface area contributed by atoms with Gasteiger partial charge in [0.15, 0.2) is 0 Å². The Balaban J connectivity index is 1.71. The van der Waals surface area contributed by atoms with Crippen LogP contribution in [0, 0.1) is 5.92 Å². The lowest BCUT2D eigenvalue weighted by Gasteiger charge is -2.13. The molecule has 0 aromatic carbocycles. The molecule has 40 heavy (non-hydrogen) atoms. The highest BCUT2D eigenvalue weighted by molar-refractivity contribution is 6.12. The minimum Gasteiger partial charge on any atom is -0.463 e. The zero-order chi connectivity index (χ0) is 29.1. The highest BCUT2D eigenvalue weighted by Gasteiger charge is 2.22. The molecule has 0 aromatic heterocycles. The van der Waals surface area contributed by atoms with Gasteiger partial charge in [-0.2, -0.15) is 0 Å². The Hall–Kier alpha value is -1.93. The van der Waals surface area contributed by atoms with Crippen LogP contribution < -0.4 is 0 Å². The van der Waals surface area contributed by atoms with Gasteiger partial charge in [-0.15, -0.1) is 0 Å². The molecule has 0 bridgehead atoms. The van der Waals surface area contributed by atoms with Crippen LogP contribution in [-0.4, -0.2) is 128 Å². The maximum absolute atomic E-state index is 12.0. The number of amides is 2. The molecule has 0 aliphatic carbocycles. The zero-order valence-corrected chi connectivity index (χ0v) is 24.3. The van der Waals surface area contributed by atoms with E-state index in [9.17, 15) is 14.4 Å². The number of hydrogen-bond acceptors (Lipinski definition) is 11. The lowest BCUT2D eigenvalue weighted by atomic mass is 10.00. The van der Waals surface area contributed by atoms with Crippen molar-refractivity contribution in [1.82, 2.24) is 4.90 Å². The molecule has 1 atom stereocenters. The van der Waals surface area contributed by atoms with Crippen molar-refractivity contribution in [1.29, 1.82) is 0 Å². The molecular formula is C28H49NO11. The summed E-state index contributed by atoms with van der Waals surface area (Å²) in [5, 5.41) is 0. The number of nitrogens with zero attached hydrogens (tertiary/aromatic N) is 1. The van der Waals surface area contributed by atoms with Gasteiger partial charge in [0, 0.05) is 12.2 Å². The molecule has 0 radical (unpaired) electrons. The summed E-state index contributed by atoms with van der Waals surface area (Å²) in [4.78, 5) is 35.9. The molecule has 232 valence electrons. The number of imide groups is 1. The Bertz CT molecular complexity index is 671. The van der Waals surface area contributed by atoms with Crippen LogP contribution in [0.15, 0.2) is 12.2 Å². The van der Waals surface area contributed by atoms with E-state index in [1.807, 2.05) is 6.92 Å². The number of carbonyl (C=O) groups is 3. The highest BCUT2D eigenvalue weighted by atomic mass is 16.6. The maximum Gasteiger partial charge on any atom is 0.308 e. The number of hydrogen-bond donors (Lipinski definition) is 0. The van der Waals surface area contributed by atoms with Crippen molar-refractivity contribution in [2.75, 3.05) is 106 Å². The lowest BCUT2D eigenvalue weighted by Crippen LogP contribution is -2.33. The summed E-state index contributed by atoms with van der Waals surface area (Å²) >= 11 is 0. The molecule has 0 saturated carbocycles. The summed E-state index contributed by atoms with van der Waals surface area (Å²) < 4.78 is 43.2. The van der Waals surface area contributed by atoms with Crippen LogP contribution in [0.5, 0.6) is 0 Å². The molecular weight excluding hydrogens is 526 g/mol. The van der Waals surface area contributed by atoms with E-state index in [2.05, 4.69) is 6.92 Å². The van der Waals surface area contributed by atoms with Gasteiger partial charge in [-0.05, 0) is 12.8 Å². The topological polar surface area (TPSA) is 128 Å². The van der Waals surface area contributed by atoms with Crippen LogP contribution in [-0.2, 0) is 52.3 Å². The third-order valence-electron chi connectivity index (χ3n) is 5.80. The van der Waals surface area contributed by atoms with Crippen LogP contribution in [0.4, 0.5) is 0 Å². The molecule has 1 aliphatic rings. The average Bonchev–Trinajstić information content (AvgIpc) is 3.27. The monoisotopic (exact) mass is 575 g/mol. The van der Waals surface area contributed by atoms with E-state index < -0.39 is 0 Å². The first-order valence-electron chi connectivity index (χ1n) is 14.3. The van der Waals surface area contributed by atoms with Crippen molar-refractivity contribution in [2.24, 2.45) is 5.92 Å². The fraction of sp³-hybridized carbons (Fsp3) is 0.821. The van der Waals surface area contributed by atoms with E-state index in [-0.39, 0.29) is 43.5 Å². The molecule has 0 aromatic rings. The van der Waals surface area contributed by atoms with Crippen LogP contribution in [0.3, 0.4) is 0 Å².